The number of aliphatic hydroxyl groups is 1. The van der Waals surface area contributed by atoms with Crippen LogP contribution in [0.1, 0.15) is 52.0 Å². The van der Waals surface area contributed by atoms with E-state index in [0.717, 1.165) is 50.1 Å². The molecule has 0 saturated carbocycles. The molecule has 0 spiro atoms. The van der Waals surface area contributed by atoms with Crippen LogP contribution in [0.2, 0.25) is 0 Å². The maximum atomic E-state index is 9.89. The molecule has 0 bridgehead atoms. The van der Waals surface area contributed by atoms with E-state index in [1.54, 1.807) is 6.07 Å². The summed E-state index contributed by atoms with van der Waals surface area (Å²) in [6, 6.07) is 6.14. The van der Waals surface area contributed by atoms with Gasteiger partial charge in [0, 0.05) is 24.3 Å². The number of phenols is 1. The lowest BCUT2D eigenvalue weighted by Gasteiger charge is -2.22. The number of aromatic hydroxyl groups is 1. The van der Waals surface area contributed by atoms with E-state index in [0.29, 0.717) is 11.8 Å². The number of hydrogen-bond donors (Lipinski definition) is 3. The minimum Gasteiger partial charge on any atom is -0.508 e. The van der Waals surface area contributed by atoms with Crippen LogP contribution >= 0.6 is 0 Å². The molecule has 2 rings (SSSR count). The second-order valence-electron chi connectivity index (χ2n) is 7.67. The van der Waals surface area contributed by atoms with Crippen LogP contribution < -0.4 is 5.32 Å². The Hall–Kier alpha value is -1.26. The molecule has 1 aliphatic heterocycles. The van der Waals surface area contributed by atoms with E-state index in [-0.39, 0.29) is 12.0 Å². The topological polar surface area (TPSA) is 55.7 Å². The number of unbranched alkanes of at least 4 members (excludes halogenated alkanes) is 1. The lowest BCUT2D eigenvalue weighted by Crippen LogP contribution is -2.33. The maximum absolute atomic E-state index is 9.89. The second kappa shape index (κ2) is 8.02. The molecule has 3 N–H and O–H groups in total. The Labute approximate surface area is 140 Å². The fraction of sp³-hybridized carbons (Fsp3) is 0.684. The van der Waals surface area contributed by atoms with Gasteiger partial charge in [0.1, 0.15) is 5.75 Å². The standard InChI is InChI=1S/C19H32N2O2/c1-19(2,3)15-11-16(13-18(23)12-15)20-8-4-5-9-21-10-6-7-17(21)14-22/h11-13,17,20,22-23H,4-10,14H2,1-3H3. The van der Waals surface area contributed by atoms with E-state index < -0.39 is 0 Å². The first-order valence-electron chi connectivity index (χ1n) is 8.83. The number of likely N-dealkylation sites (tertiary alicyclic amines) is 1. The number of nitrogens with one attached hydrogen (secondary N) is 1. The third-order valence-corrected chi connectivity index (χ3v) is 4.69. The van der Waals surface area contributed by atoms with Crippen molar-refractivity contribution in [3.05, 3.63) is 23.8 Å². The summed E-state index contributed by atoms with van der Waals surface area (Å²) in [5, 5.41) is 22.6. The summed E-state index contributed by atoms with van der Waals surface area (Å²) in [5.74, 6) is 0.322. The van der Waals surface area contributed by atoms with Gasteiger partial charge >= 0.3 is 0 Å². The zero-order valence-corrected chi connectivity index (χ0v) is 14.8. The number of benzene rings is 1. The van der Waals surface area contributed by atoms with Gasteiger partial charge in [-0.25, -0.2) is 0 Å². The van der Waals surface area contributed by atoms with Gasteiger partial charge in [0.05, 0.1) is 6.61 Å². The van der Waals surface area contributed by atoms with Gasteiger partial charge in [-0.3, -0.25) is 4.90 Å². The van der Waals surface area contributed by atoms with Crippen molar-refractivity contribution in [1.29, 1.82) is 0 Å². The van der Waals surface area contributed by atoms with Gasteiger partial charge in [0.2, 0.25) is 0 Å². The van der Waals surface area contributed by atoms with Crippen LogP contribution in [0.4, 0.5) is 5.69 Å². The van der Waals surface area contributed by atoms with Crippen molar-refractivity contribution in [3.63, 3.8) is 0 Å². The number of rotatable bonds is 7. The van der Waals surface area contributed by atoms with Crippen molar-refractivity contribution in [3.8, 4) is 5.75 Å². The molecule has 1 aliphatic rings. The number of hydrogen-bond acceptors (Lipinski definition) is 4. The molecular formula is C19H32N2O2. The predicted octanol–water partition coefficient (Wildman–Crippen LogP) is 3.34. The summed E-state index contributed by atoms with van der Waals surface area (Å²) < 4.78 is 0. The van der Waals surface area contributed by atoms with Gasteiger partial charge in [0.15, 0.2) is 0 Å². The Morgan fingerprint density at radius 2 is 2.00 bits per heavy atom. The van der Waals surface area contributed by atoms with Crippen LogP contribution in [0.15, 0.2) is 18.2 Å². The lowest BCUT2D eigenvalue weighted by molar-refractivity contribution is 0.157. The lowest BCUT2D eigenvalue weighted by atomic mass is 9.86. The Kier molecular flexibility index (Phi) is 6.31. The molecule has 1 aromatic carbocycles. The highest BCUT2D eigenvalue weighted by Crippen LogP contribution is 2.29. The summed E-state index contributed by atoms with van der Waals surface area (Å²) in [4.78, 5) is 2.41. The van der Waals surface area contributed by atoms with Crippen molar-refractivity contribution in [2.75, 3.05) is 31.6 Å². The third-order valence-electron chi connectivity index (χ3n) is 4.69. The largest absolute Gasteiger partial charge is 0.508 e. The van der Waals surface area contributed by atoms with Crippen LogP contribution in [0, 0.1) is 0 Å². The Balaban J connectivity index is 1.75. The van der Waals surface area contributed by atoms with Crippen molar-refractivity contribution >= 4 is 5.69 Å². The monoisotopic (exact) mass is 320 g/mol. The molecule has 1 fully saturated rings. The highest BCUT2D eigenvalue weighted by Gasteiger charge is 2.22. The summed E-state index contributed by atoms with van der Waals surface area (Å²) >= 11 is 0. The van der Waals surface area contributed by atoms with E-state index in [9.17, 15) is 10.2 Å². The van der Waals surface area contributed by atoms with E-state index in [4.69, 9.17) is 0 Å². The first-order valence-corrected chi connectivity index (χ1v) is 8.83. The maximum Gasteiger partial charge on any atom is 0.117 e. The van der Waals surface area contributed by atoms with Gasteiger partial charge in [-0.2, -0.15) is 0 Å². The van der Waals surface area contributed by atoms with Crippen LogP contribution in [-0.2, 0) is 5.41 Å². The quantitative estimate of drug-likeness (QED) is 0.675. The Morgan fingerprint density at radius 1 is 1.22 bits per heavy atom. The van der Waals surface area contributed by atoms with Crippen LogP contribution in [0.5, 0.6) is 5.75 Å². The average molecular weight is 320 g/mol. The molecule has 0 aromatic heterocycles. The van der Waals surface area contributed by atoms with Crippen molar-refractivity contribution in [2.24, 2.45) is 0 Å². The number of phenolic OH excluding ortho intramolecular Hbond substituents is 1. The molecule has 130 valence electrons. The van der Waals surface area contributed by atoms with Crippen LogP contribution in [0.25, 0.3) is 0 Å². The van der Waals surface area contributed by atoms with Crippen molar-refractivity contribution in [1.82, 2.24) is 4.90 Å². The molecule has 1 saturated heterocycles. The second-order valence-corrected chi connectivity index (χ2v) is 7.67. The zero-order valence-electron chi connectivity index (χ0n) is 14.8. The molecule has 1 heterocycles. The minimum atomic E-state index is 0.0320. The van der Waals surface area contributed by atoms with Crippen molar-refractivity contribution < 1.29 is 10.2 Å². The first-order chi connectivity index (χ1) is 10.9. The first kappa shape index (κ1) is 18.1. The van der Waals surface area contributed by atoms with Gasteiger partial charge in [-0.1, -0.05) is 20.8 Å². The molecule has 4 nitrogen and oxygen atoms in total. The average Bonchev–Trinajstić information content (AvgIpc) is 2.93. The molecule has 0 radical (unpaired) electrons. The molecule has 4 heteroatoms. The summed E-state index contributed by atoms with van der Waals surface area (Å²) in [6.07, 6.45) is 4.57. The van der Waals surface area contributed by atoms with E-state index in [1.807, 2.05) is 6.07 Å². The Bertz CT molecular complexity index is 497. The Morgan fingerprint density at radius 3 is 2.70 bits per heavy atom. The molecule has 0 amide bonds. The smallest absolute Gasteiger partial charge is 0.117 e. The molecule has 1 atom stereocenters. The van der Waals surface area contributed by atoms with Gasteiger partial charge in [-0.15, -0.1) is 0 Å². The number of aliphatic hydroxyl groups excluding tert-OH is 1. The zero-order chi connectivity index (χ0) is 16.9. The van der Waals surface area contributed by atoms with E-state index in [2.05, 4.69) is 37.1 Å². The van der Waals surface area contributed by atoms with E-state index in [1.165, 1.54) is 6.42 Å². The fourth-order valence-electron chi connectivity index (χ4n) is 3.22. The van der Waals surface area contributed by atoms with Crippen molar-refractivity contribution in [2.45, 2.75) is 57.9 Å². The fourth-order valence-corrected chi connectivity index (χ4v) is 3.22. The highest BCUT2D eigenvalue weighted by molar-refractivity contribution is 5.52. The van der Waals surface area contributed by atoms with Crippen LogP contribution in [0.3, 0.4) is 0 Å². The predicted molar refractivity (Wildman–Crippen MR) is 96.2 cm³/mol. The third kappa shape index (κ3) is 5.40. The normalized spacial score (nSPS) is 19.2. The molecule has 1 aromatic rings. The summed E-state index contributed by atoms with van der Waals surface area (Å²) in [7, 11) is 0. The minimum absolute atomic E-state index is 0.0320. The molecule has 0 aliphatic carbocycles. The number of anilines is 1. The molecular weight excluding hydrogens is 288 g/mol. The summed E-state index contributed by atoms with van der Waals surface area (Å²) in [5.41, 5.74) is 2.16. The summed E-state index contributed by atoms with van der Waals surface area (Å²) in [6.45, 7) is 9.85. The van der Waals surface area contributed by atoms with E-state index >= 15 is 0 Å². The van der Waals surface area contributed by atoms with Gasteiger partial charge in [0.25, 0.3) is 0 Å². The highest BCUT2D eigenvalue weighted by atomic mass is 16.3. The van der Waals surface area contributed by atoms with Crippen LogP contribution in [-0.4, -0.2) is 47.4 Å². The van der Waals surface area contributed by atoms with Gasteiger partial charge < -0.3 is 15.5 Å². The number of nitrogens with zero attached hydrogens (tertiary/aromatic N) is 1. The molecule has 23 heavy (non-hydrogen) atoms. The SMILES string of the molecule is CC(C)(C)c1cc(O)cc(NCCCCN2CCCC2CO)c1. The van der Waals surface area contributed by atoms with Gasteiger partial charge in [-0.05, 0) is 61.9 Å². The molecule has 1 unspecified atom stereocenters.